The molecule has 2 aliphatic heterocycles. The first-order valence-electron chi connectivity index (χ1n) is 8.64. The standard InChI is InChI=1S/C19H19BrN2O4S/c1-12-2-8-15(9-3-12)27(24,25)22-10-16-17(11-22)26-19(23)21-18(16)13-4-6-14(20)7-5-13/h2-9,16-18H,10-11H2,1H3,(H,21,23)/t16?,17-,18?/m1/s1. The van der Waals surface area contributed by atoms with Crippen LogP contribution in [0.15, 0.2) is 57.9 Å². The van der Waals surface area contributed by atoms with Gasteiger partial charge in [-0.05, 0) is 36.8 Å². The molecule has 1 N–H and O–H groups in total. The molecule has 4 rings (SSSR count). The molecule has 2 fully saturated rings. The number of halogens is 1. The predicted molar refractivity (Wildman–Crippen MR) is 104 cm³/mol. The van der Waals surface area contributed by atoms with Crippen molar-refractivity contribution >= 4 is 32.0 Å². The molecule has 0 spiro atoms. The fraction of sp³-hybridized carbons (Fsp3) is 0.316. The minimum Gasteiger partial charge on any atom is -0.444 e. The van der Waals surface area contributed by atoms with Crippen LogP contribution < -0.4 is 5.32 Å². The van der Waals surface area contributed by atoms with Crippen LogP contribution in [0.5, 0.6) is 0 Å². The number of sulfonamides is 1. The number of alkyl carbamates (subject to hydrolysis) is 1. The quantitative estimate of drug-likeness (QED) is 0.778. The minimum absolute atomic E-state index is 0.149. The second-order valence-electron chi connectivity index (χ2n) is 6.92. The molecule has 0 saturated carbocycles. The second kappa shape index (κ2) is 6.92. The molecule has 142 valence electrons. The third-order valence-electron chi connectivity index (χ3n) is 5.12. The van der Waals surface area contributed by atoms with E-state index in [2.05, 4.69) is 21.2 Å². The van der Waals surface area contributed by atoms with Crippen molar-refractivity contribution in [3.05, 3.63) is 64.1 Å². The Labute approximate surface area is 166 Å². The van der Waals surface area contributed by atoms with Gasteiger partial charge in [0, 0.05) is 16.9 Å². The van der Waals surface area contributed by atoms with Crippen molar-refractivity contribution in [2.45, 2.75) is 24.0 Å². The van der Waals surface area contributed by atoms with Crippen LogP contribution in [0.4, 0.5) is 4.79 Å². The molecule has 8 heteroatoms. The Morgan fingerprint density at radius 2 is 1.74 bits per heavy atom. The third kappa shape index (κ3) is 3.49. The van der Waals surface area contributed by atoms with E-state index in [1.165, 1.54) is 4.31 Å². The summed E-state index contributed by atoms with van der Waals surface area (Å²) < 4.78 is 33.8. The van der Waals surface area contributed by atoms with Gasteiger partial charge in [-0.25, -0.2) is 13.2 Å². The fourth-order valence-corrected chi connectivity index (χ4v) is 5.42. The number of rotatable bonds is 3. The number of carbonyl (C=O) groups is 1. The highest BCUT2D eigenvalue weighted by Gasteiger charge is 2.48. The lowest BCUT2D eigenvalue weighted by molar-refractivity contribution is 0.0405. The lowest BCUT2D eigenvalue weighted by Crippen LogP contribution is -2.46. The van der Waals surface area contributed by atoms with Gasteiger partial charge < -0.3 is 10.1 Å². The number of nitrogens with zero attached hydrogens (tertiary/aromatic N) is 1. The normalized spacial score (nSPS) is 25.6. The molecule has 2 aromatic rings. The summed E-state index contributed by atoms with van der Waals surface area (Å²) in [5.41, 5.74) is 1.93. The van der Waals surface area contributed by atoms with Crippen molar-refractivity contribution in [1.29, 1.82) is 0 Å². The lowest BCUT2D eigenvalue weighted by Gasteiger charge is -2.33. The topological polar surface area (TPSA) is 75.7 Å². The highest BCUT2D eigenvalue weighted by atomic mass is 79.9. The molecule has 0 radical (unpaired) electrons. The van der Waals surface area contributed by atoms with Gasteiger partial charge in [0.15, 0.2) is 0 Å². The predicted octanol–water partition coefficient (Wildman–Crippen LogP) is 3.23. The smallest absolute Gasteiger partial charge is 0.407 e. The first-order valence-corrected chi connectivity index (χ1v) is 10.9. The molecule has 2 unspecified atom stereocenters. The van der Waals surface area contributed by atoms with Crippen LogP contribution in [-0.2, 0) is 14.8 Å². The van der Waals surface area contributed by atoms with Crippen molar-refractivity contribution in [2.24, 2.45) is 5.92 Å². The Bertz CT molecular complexity index is 960. The summed E-state index contributed by atoms with van der Waals surface area (Å²) in [6, 6.07) is 14.2. The zero-order chi connectivity index (χ0) is 19.2. The maximum absolute atomic E-state index is 13.0. The Morgan fingerprint density at radius 1 is 1.07 bits per heavy atom. The van der Waals surface area contributed by atoms with Crippen molar-refractivity contribution in [3.63, 3.8) is 0 Å². The average Bonchev–Trinajstić information content (AvgIpc) is 3.07. The zero-order valence-corrected chi connectivity index (χ0v) is 17.0. The summed E-state index contributed by atoms with van der Waals surface area (Å²) in [5.74, 6) is -0.149. The first kappa shape index (κ1) is 18.5. The van der Waals surface area contributed by atoms with E-state index in [-0.39, 0.29) is 23.4 Å². The van der Waals surface area contributed by atoms with Gasteiger partial charge in [0.25, 0.3) is 0 Å². The minimum atomic E-state index is -3.64. The van der Waals surface area contributed by atoms with Gasteiger partial charge in [0.2, 0.25) is 10.0 Å². The summed E-state index contributed by atoms with van der Waals surface area (Å²) >= 11 is 3.40. The number of ether oxygens (including phenoxy) is 1. The maximum Gasteiger partial charge on any atom is 0.407 e. The van der Waals surface area contributed by atoms with E-state index in [4.69, 9.17) is 4.74 Å². The molecule has 27 heavy (non-hydrogen) atoms. The summed E-state index contributed by atoms with van der Waals surface area (Å²) in [5, 5.41) is 2.84. The molecule has 6 nitrogen and oxygen atoms in total. The van der Waals surface area contributed by atoms with Gasteiger partial charge in [-0.1, -0.05) is 45.8 Å². The number of hydrogen-bond acceptors (Lipinski definition) is 4. The Hall–Kier alpha value is -1.90. The van der Waals surface area contributed by atoms with Crippen molar-refractivity contribution in [1.82, 2.24) is 9.62 Å². The number of amides is 1. The Balaban J connectivity index is 1.62. The zero-order valence-electron chi connectivity index (χ0n) is 14.6. The molecule has 2 heterocycles. The van der Waals surface area contributed by atoms with E-state index < -0.39 is 22.2 Å². The highest BCUT2D eigenvalue weighted by Crippen LogP contribution is 2.37. The van der Waals surface area contributed by atoms with E-state index in [1.807, 2.05) is 31.2 Å². The summed E-state index contributed by atoms with van der Waals surface area (Å²) in [7, 11) is -3.64. The second-order valence-corrected chi connectivity index (χ2v) is 9.77. The van der Waals surface area contributed by atoms with Crippen molar-refractivity contribution < 1.29 is 17.9 Å². The molecule has 2 aromatic carbocycles. The highest BCUT2D eigenvalue weighted by molar-refractivity contribution is 9.10. The van der Waals surface area contributed by atoms with Gasteiger partial charge in [0.05, 0.1) is 17.5 Å². The molecule has 0 aromatic heterocycles. The fourth-order valence-electron chi connectivity index (χ4n) is 3.67. The molecule has 2 saturated heterocycles. The maximum atomic E-state index is 13.0. The SMILES string of the molecule is Cc1ccc(S(=O)(=O)N2CC3C(c4ccc(Br)cc4)NC(=O)O[C@@H]3C2)cc1. The molecular weight excluding hydrogens is 432 g/mol. The molecule has 0 bridgehead atoms. The Kier molecular flexibility index (Phi) is 4.73. The van der Waals surface area contributed by atoms with E-state index in [1.54, 1.807) is 24.3 Å². The van der Waals surface area contributed by atoms with Crippen LogP contribution in [0.3, 0.4) is 0 Å². The van der Waals surface area contributed by atoms with Crippen LogP contribution in [0, 0.1) is 12.8 Å². The van der Waals surface area contributed by atoms with Gasteiger partial charge in [-0.15, -0.1) is 0 Å². The molecular formula is C19H19BrN2O4S. The summed E-state index contributed by atoms with van der Waals surface area (Å²) in [6.07, 6.45) is -0.980. The van der Waals surface area contributed by atoms with Crippen LogP contribution >= 0.6 is 15.9 Å². The monoisotopic (exact) mass is 450 g/mol. The summed E-state index contributed by atoms with van der Waals surface area (Å²) in [4.78, 5) is 12.3. The van der Waals surface area contributed by atoms with E-state index in [9.17, 15) is 13.2 Å². The molecule has 0 aliphatic carbocycles. The number of fused-ring (bicyclic) bond motifs is 1. The van der Waals surface area contributed by atoms with Gasteiger partial charge in [0.1, 0.15) is 6.10 Å². The van der Waals surface area contributed by atoms with E-state index in [0.29, 0.717) is 6.54 Å². The number of benzene rings is 2. The number of hydrogen-bond donors (Lipinski definition) is 1. The van der Waals surface area contributed by atoms with Crippen LogP contribution in [0.2, 0.25) is 0 Å². The molecule has 2 aliphatic rings. The molecule has 3 atom stereocenters. The van der Waals surface area contributed by atoms with Crippen molar-refractivity contribution in [3.8, 4) is 0 Å². The summed E-state index contributed by atoms with van der Waals surface area (Å²) in [6.45, 7) is 2.37. The first-order chi connectivity index (χ1) is 12.8. The largest absolute Gasteiger partial charge is 0.444 e. The van der Waals surface area contributed by atoms with Crippen LogP contribution in [0.25, 0.3) is 0 Å². The van der Waals surface area contributed by atoms with Gasteiger partial charge in [-0.3, -0.25) is 0 Å². The lowest BCUT2D eigenvalue weighted by atomic mass is 9.89. The number of aryl methyl sites for hydroxylation is 1. The average molecular weight is 451 g/mol. The van der Waals surface area contributed by atoms with Crippen molar-refractivity contribution in [2.75, 3.05) is 13.1 Å². The van der Waals surface area contributed by atoms with Gasteiger partial charge >= 0.3 is 6.09 Å². The van der Waals surface area contributed by atoms with Gasteiger partial charge in [-0.2, -0.15) is 4.31 Å². The van der Waals surface area contributed by atoms with Crippen LogP contribution in [0.1, 0.15) is 17.2 Å². The Morgan fingerprint density at radius 3 is 2.41 bits per heavy atom. The van der Waals surface area contributed by atoms with E-state index >= 15 is 0 Å². The number of nitrogens with one attached hydrogen (secondary N) is 1. The van der Waals surface area contributed by atoms with Crippen LogP contribution in [-0.4, -0.2) is 38.0 Å². The number of carbonyl (C=O) groups excluding carboxylic acids is 1. The molecule has 1 amide bonds. The van der Waals surface area contributed by atoms with E-state index in [0.717, 1.165) is 15.6 Å². The third-order valence-corrected chi connectivity index (χ3v) is 7.50.